The lowest BCUT2D eigenvalue weighted by molar-refractivity contribution is 0.188. The largest absolute Gasteiger partial charge is 0.314 e. The molecule has 1 heterocycles. The SMILES string of the molecule is Cl.Fc1cccc(Cl)c1CN1CCC(NCC2CC2)CC1. The van der Waals surface area contributed by atoms with Crippen molar-refractivity contribution in [1.82, 2.24) is 10.2 Å². The number of hydrogen-bond acceptors (Lipinski definition) is 2. The molecule has 1 saturated carbocycles. The molecule has 5 heteroatoms. The number of nitrogens with zero attached hydrogens (tertiary/aromatic N) is 1. The third-order valence-electron chi connectivity index (χ3n) is 4.42. The summed E-state index contributed by atoms with van der Waals surface area (Å²) in [7, 11) is 0. The Morgan fingerprint density at radius 2 is 1.90 bits per heavy atom. The van der Waals surface area contributed by atoms with Crippen LogP contribution in [0.25, 0.3) is 0 Å². The van der Waals surface area contributed by atoms with Crippen molar-refractivity contribution in [2.45, 2.75) is 38.3 Å². The number of likely N-dealkylation sites (tertiary alicyclic amines) is 1. The molecule has 3 rings (SSSR count). The Morgan fingerprint density at radius 3 is 2.52 bits per heavy atom. The van der Waals surface area contributed by atoms with Crippen LogP contribution in [0.15, 0.2) is 18.2 Å². The zero-order valence-corrected chi connectivity index (χ0v) is 13.7. The van der Waals surface area contributed by atoms with Crippen molar-refractivity contribution in [3.8, 4) is 0 Å². The first kappa shape index (κ1) is 17.0. The summed E-state index contributed by atoms with van der Waals surface area (Å²) in [5.41, 5.74) is 0.638. The molecule has 118 valence electrons. The van der Waals surface area contributed by atoms with Gasteiger partial charge in [-0.25, -0.2) is 4.39 Å². The van der Waals surface area contributed by atoms with E-state index in [1.807, 2.05) is 0 Å². The fourth-order valence-corrected chi connectivity index (χ4v) is 3.08. The number of rotatable bonds is 5. The van der Waals surface area contributed by atoms with E-state index in [1.54, 1.807) is 12.1 Å². The molecule has 2 nitrogen and oxygen atoms in total. The van der Waals surface area contributed by atoms with Gasteiger partial charge in [-0.2, -0.15) is 0 Å². The van der Waals surface area contributed by atoms with Crippen LogP contribution in [-0.4, -0.2) is 30.6 Å². The Balaban J connectivity index is 0.00000161. The van der Waals surface area contributed by atoms with E-state index in [4.69, 9.17) is 11.6 Å². The smallest absolute Gasteiger partial charge is 0.129 e. The van der Waals surface area contributed by atoms with Crippen molar-refractivity contribution < 1.29 is 4.39 Å². The molecule has 1 aliphatic heterocycles. The average Bonchev–Trinajstić information content (AvgIpc) is 3.26. The van der Waals surface area contributed by atoms with Gasteiger partial charge in [0.25, 0.3) is 0 Å². The molecular weight excluding hydrogens is 310 g/mol. The molecule has 1 aromatic rings. The van der Waals surface area contributed by atoms with E-state index in [9.17, 15) is 4.39 Å². The highest BCUT2D eigenvalue weighted by atomic mass is 35.5. The van der Waals surface area contributed by atoms with Gasteiger partial charge < -0.3 is 5.32 Å². The van der Waals surface area contributed by atoms with Crippen molar-refractivity contribution in [2.75, 3.05) is 19.6 Å². The number of nitrogens with one attached hydrogen (secondary N) is 1. The van der Waals surface area contributed by atoms with Crippen LogP contribution in [0.3, 0.4) is 0 Å². The lowest BCUT2D eigenvalue weighted by Gasteiger charge is -2.32. The molecule has 21 heavy (non-hydrogen) atoms. The molecule has 1 saturated heterocycles. The third kappa shape index (κ3) is 4.82. The maximum atomic E-state index is 13.8. The topological polar surface area (TPSA) is 15.3 Å². The quantitative estimate of drug-likeness (QED) is 0.880. The van der Waals surface area contributed by atoms with Crippen LogP contribution in [0.5, 0.6) is 0 Å². The van der Waals surface area contributed by atoms with Crippen LogP contribution in [0.1, 0.15) is 31.2 Å². The molecule has 2 fully saturated rings. The molecule has 0 unspecified atom stereocenters. The molecule has 0 atom stereocenters. The normalized spacial score (nSPS) is 20.3. The van der Waals surface area contributed by atoms with Gasteiger partial charge in [0.05, 0.1) is 0 Å². The van der Waals surface area contributed by atoms with Crippen LogP contribution >= 0.6 is 24.0 Å². The van der Waals surface area contributed by atoms with Crippen molar-refractivity contribution in [1.29, 1.82) is 0 Å². The fraction of sp³-hybridized carbons (Fsp3) is 0.625. The predicted molar refractivity (Wildman–Crippen MR) is 87.7 cm³/mol. The van der Waals surface area contributed by atoms with Gasteiger partial charge in [-0.1, -0.05) is 17.7 Å². The van der Waals surface area contributed by atoms with Gasteiger partial charge in [0.15, 0.2) is 0 Å². The molecule has 1 aliphatic carbocycles. The second kappa shape index (κ2) is 7.77. The molecule has 1 aromatic carbocycles. The van der Waals surface area contributed by atoms with E-state index in [2.05, 4.69) is 10.2 Å². The first-order valence-corrected chi connectivity index (χ1v) is 7.99. The summed E-state index contributed by atoms with van der Waals surface area (Å²) in [6.45, 7) is 3.85. The average molecular weight is 333 g/mol. The number of hydrogen-bond donors (Lipinski definition) is 1. The van der Waals surface area contributed by atoms with Gasteiger partial charge >= 0.3 is 0 Å². The van der Waals surface area contributed by atoms with Crippen molar-refractivity contribution in [3.05, 3.63) is 34.6 Å². The second-order valence-corrected chi connectivity index (χ2v) is 6.51. The van der Waals surface area contributed by atoms with Gasteiger partial charge in [0, 0.05) is 23.2 Å². The molecule has 0 amide bonds. The minimum atomic E-state index is -0.188. The van der Waals surface area contributed by atoms with Gasteiger partial charge in [-0.05, 0) is 63.4 Å². The molecule has 0 aromatic heterocycles. The standard InChI is InChI=1S/C16H22ClFN2.ClH/c17-15-2-1-3-16(18)14(15)11-20-8-6-13(7-9-20)19-10-12-4-5-12;/h1-3,12-13,19H,4-11H2;1H. The van der Waals surface area contributed by atoms with E-state index in [0.717, 1.165) is 31.8 Å². The van der Waals surface area contributed by atoms with E-state index < -0.39 is 0 Å². The van der Waals surface area contributed by atoms with Gasteiger partial charge in [0.1, 0.15) is 5.82 Å². The van der Waals surface area contributed by atoms with Crippen LogP contribution in [0.2, 0.25) is 5.02 Å². The lowest BCUT2D eigenvalue weighted by atomic mass is 10.0. The van der Waals surface area contributed by atoms with Crippen molar-refractivity contribution in [3.63, 3.8) is 0 Å². The summed E-state index contributed by atoms with van der Waals surface area (Å²) in [5.74, 6) is 0.747. The highest BCUT2D eigenvalue weighted by Gasteiger charge is 2.24. The Bertz CT molecular complexity index is 437. The maximum Gasteiger partial charge on any atom is 0.129 e. The minimum Gasteiger partial charge on any atom is -0.314 e. The van der Waals surface area contributed by atoms with E-state index >= 15 is 0 Å². The van der Waals surface area contributed by atoms with Crippen LogP contribution in [0, 0.1) is 11.7 Å². The zero-order chi connectivity index (χ0) is 13.9. The summed E-state index contributed by atoms with van der Waals surface area (Å²) in [4.78, 5) is 2.31. The molecule has 0 radical (unpaired) electrons. The van der Waals surface area contributed by atoms with Crippen LogP contribution in [-0.2, 0) is 6.54 Å². The Morgan fingerprint density at radius 1 is 1.19 bits per heavy atom. The Labute approximate surface area is 137 Å². The maximum absolute atomic E-state index is 13.8. The van der Waals surface area contributed by atoms with Gasteiger partial charge in [-0.15, -0.1) is 12.4 Å². The first-order chi connectivity index (χ1) is 9.72. The predicted octanol–water partition coefficient (Wildman–Crippen LogP) is 3.86. The van der Waals surface area contributed by atoms with Crippen molar-refractivity contribution in [2.24, 2.45) is 5.92 Å². The molecule has 2 aliphatic rings. The van der Waals surface area contributed by atoms with Crippen LogP contribution in [0.4, 0.5) is 4.39 Å². The number of benzene rings is 1. The summed E-state index contributed by atoms with van der Waals surface area (Å²) < 4.78 is 13.8. The molecule has 1 N–H and O–H groups in total. The number of halogens is 3. The summed E-state index contributed by atoms with van der Waals surface area (Å²) >= 11 is 6.09. The second-order valence-electron chi connectivity index (χ2n) is 6.10. The Hall–Kier alpha value is -0.350. The summed E-state index contributed by atoms with van der Waals surface area (Å²) in [5, 5.41) is 4.20. The minimum absolute atomic E-state index is 0. The third-order valence-corrected chi connectivity index (χ3v) is 4.78. The highest BCUT2D eigenvalue weighted by molar-refractivity contribution is 6.31. The number of piperidine rings is 1. The van der Waals surface area contributed by atoms with Crippen molar-refractivity contribution >= 4 is 24.0 Å². The van der Waals surface area contributed by atoms with E-state index in [0.29, 0.717) is 23.2 Å². The summed E-state index contributed by atoms with van der Waals surface area (Å²) in [6, 6.07) is 5.56. The first-order valence-electron chi connectivity index (χ1n) is 7.61. The van der Waals surface area contributed by atoms with E-state index in [1.165, 1.54) is 25.5 Å². The zero-order valence-electron chi connectivity index (χ0n) is 12.2. The van der Waals surface area contributed by atoms with Crippen LogP contribution < -0.4 is 5.32 Å². The highest BCUT2D eigenvalue weighted by Crippen LogP contribution is 2.28. The monoisotopic (exact) mass is 332 g/mol. The molecule has 0 spiro atoms. The summed E-state index contributed by atoms with van der Waals surface area (Å²) in [6.07, 6.45) is 5.10. The molecular formula is C16H23Cl2FN2. The van der Waals surface area contributed by atoms with Gasteiger partial charge in [-0.3, -0.25) is 4.90 Å². The fourth-order valence-electron chi connectivity index (χ4n) is 2.86. The van der Waals surface area contributed by atoms with E-state index in [-0.39, 0.29) is 18.2 Å². The Kier molecular flexibility index (Phi) is 6.30. The molecule has 0 bridgehead atoms. The van der Waals surface area contributed by atoms with Gasteiger partial charge in [0.2, 0.25) is 0 Å². The lowest BCUT2D eigenvalue weighted by Crippen LogP contribution is -2.42.